The van der Waals surface area contributed by atoms with E-state index in [9.17, 15) is 45.1 Å². The molecule has 0 radical (unpaired) electrons. The molecule has 0 bridgehead atoms. The first-order valence-electron chi connectivity index (χ1n) is 12.4. The highest BCUT2D eigenvalue weighted by molar-refractivity contribution is 6.53. The van der Waals surface area contributed by atoms with Crippen LogP contribution >= 0.6 is 34.8 Å². The summed E-state index contributed by atoms with van der Waals surface area (Å²) in [6, 6.07) is 8.48. The van der Waals surface area contributed by atoms with Crippen molar-refractivity contribution in [3.63, 3.8) is 0 Å². The van der Waals surface area contributed by atoms with Gasteiger partial charge in [0.25, 0.3) is 5.91 Å². The van der Waals surface area contributed by atoms with E-state index in [1.54, 1.807) is 5.32 Å². The number of carbonyl (C=O) groups is 3. The van der Waals surface area contributed by atoms with Crippen LogP contribution in [0.15, 0.2) is 48.5 Å². The lowest BCUT2D eigenvalue weighted by molar-refractivity contribution is -0.167. The van der Waals surface area contributed by atoms with Crippen LogP contribution in [0.5, 0.6) is 0 Å². The van der Waals surface area contributed by atoms with Gasteiger partial charge in [-0.15, -0.1) is 23.2 Å². The maximum Gasteiger partial charge on any atom is 0.471 e. The maximum atomic E-state index is 13.7. The highest BCUT2D eigenvalue weighted by atomic mass is 35.5. The number of nitrogens with one attached hydrogen (secondary N) is 3. The number of amides is 3. The van der Waals surface area contributed by atoms with Crippen molar-refractivity contribution < 1.29 is 45.1 Å². The zero-order valence-electron chi connectivity index (χ0n) is 22.3. The summed E-state index contributed by atoms with van der Waals surface area (Å²) in [5.41, 5.74) is -1.05. The first kappa shape index (κ1) is 33.3. The van der Waals surface area contributed by atoms with Crippen LogP contribution in [-0.2, 0) is 15.8 Å². The molecule has 4 rings (SSSR count). The summed E-state index contributed by atoms with van der Waals surface area (Å²) < 4.78 is 89.4. The molecule has 1 saturated carbocycles. The zero-order chi connectivity index (χ0) is 32.9. The molecule has 0 saturated heterocycles. The van der Waals surface area contributed by atoms with Gasteiger partial charge in [-0.3, -0.25) is 14.4 Å². The van der Waals surface area contributed by atoms with Gasteiger partial charge in [0.15, 0.2) is 0 Å². The molecule has 0 heterocycles. The summed E-state index contributed by atoms with van der Waals surface area (Å²) in [5.74, 6) is -7.55. The fourth-order valence-electron chi connectivity index (χ4n) is 4.49. The molecule has 44 heavy (non-hydrogen) atoms. The Morgan fingerprint density at radius 2 is 1.41 bits per heavy atom. The predicted molar refractivity (Wildman–Crippen MR) is 151 cm³/mol. The number of rotatable bonds is 6. The molecular formula is C28H19Cl3F7N3O3. The third-order valence-corrected chi connectivity index (χ3v) is 8.28. The first-order chi connectivity index (χ1) is 20.2. The van der Waals surface area contributed by atoms with Crippen molar-refractivity contribution in [3.05, 3.63) is 87.2 Å². The van der Waals surface area contributed by atoms with Gasteiger partial charge in [-0.05, 0) is 73.0 Å². The molecular weight excluding hydrogens is 666 g/mol. The number of hydrogen-bond acceptors (Lipinski definition) is 3. The van der Waals surface area contributed by atoms with E-state index in [1.807, 2.05) is 0 Å². The number of halogens is 10. The van der Waals surface area contributed by atoms with Crippen molar-refractivity contribution in [1.29, 1.82) is 0 Å². The van der Waals surface area contributed by atoms with Gasteiger partial charge in [-0.25, -0.2) is 4.39 Å². The fourth-order valence-corrected chi connectivity index (χ4v) is 5.52. The topological polar surface area (TPSA) is 87.3 Å². The lowest BCUT2D eigenvalue weighted by Gasteiger charge is -2.16. The zero-order valence-corrected chi connectivity index (χ0v) is 24.5. The van der Waals surface area contributed by atoms with Crippen LogP contribution in [0.1, 0.15) is 38.5 Å². The van der Waals surface area contributed by atoms with Crippen LogP contribution in [0.3, 0.4) is 0 Å². The second-order valence-electron chi connectivity index (χ2n) is 9.87. The average molecular weight is 685 g/mol. The molecule has 0 aliphatic heterocycles. The largest absolute Gasteiger partial charge is 0.471 e. The average Bonchev–Trinajstić information content (AvgIpc) is 3.50. The van der Waals surface area contributed by atoms with Crippen molar-refractivity contribution in [3.8, 4) is 0 Å². The monoisotopic (exact) mass is 683 g/mol. The molecule has 234 valence electrons. The normalized spacial score (nSPS) is 17.5. The summed E-state index contributed by atoms with van der Waals surface area (Å²) in [6.45, 7) is 2.94. The van der Waals surface area contributed by atoms with Crippen molar-refractivity contribution in [1.82, 2.24) is 0 Å². The lowest BCUT2D eigenvalue weighted by atomic mass is 10.0. The van der Waals surface area contributed by atoms with E-state index in [-0.39, 0.29) is 38.8 Å². The molecule has 0 spiro atoms. The third-order valence-electron chi connectivity index (χ3n) is 7.01. The number of carbonyl (C=O) groups excluding carboxylic acids is 3. The summed E-state index contributed by atoms with van der Waals surface area (Å²) in [7, 11) is 0. The van der Waals surface area contributed by atoms with Crippen molar-refractivity contribution in [2.45, 2.75) is 36.5 Å². The quantitative estimate of drug-likeness (QED) is 0.180. The molecule has 16 heteroatoms. The van der Waals surface area contributed by atoms with Crippen LogP contribution in [0.4, 0.5) is 47.8 Å². The van der Waals surface area contributed by atoms with Gasteiger partial charge in [0.2, 0.25) is 5.91 Å². The Bertz CT molecular complexity index is 1680. The summed E-state index contributed by atoms with van der Waals surface area (Å²) >= 11 is 18.6. The smallest absolute Gasteiger partial charge is 0.326 e. The molecule has 1 aliphatic carbocycles. The molecule has 0 unspecified atom stereocenters. The first-order valence-corrected chi connectivity index (χ1v) is 13.5. The van der Waals surface area contributed by atoms with Gasteiger partial charge in [0, 0.05) is 23.0 Å². The number of benzene rings is 3. The Morgan fingerprint density at radius 1 is 0.818 bits per heavy atom. The molecule has 3 N–H and O–H groups in total. The number of hydrogen-bond donors (Lipinski definition) is 3. The van der Waals surface area contributed by atoms with Crippen molar-refractivity contribution in [2.24, 2.45) is 5.92 Å². The third kappa shape index (κ3) is 6.74. The van der Waals surface area contributed by atoms with Gasteiger partial charge in [-0.2, -0.15) is 26.3 Å². The van der Waals surface area contributed by atoms with Crippen LogP contribution in [0.25, 0.3) is 0 Å². The highest BCUT2D eigenvalue weighted by Gasteiger charge is 2.67. The molecule has 1 fully saturated rings. The maximum absolute atomic E-state index is 13.7. The number of alkyl halides is 8. The van der Waals surface area contributed by atoms with Gasteiger partial charge >= 0.3 is 18.3 Å². The van der Waals surface area contributed by atoms with Crippen molar-refractivity contribution >= 4 is 69.6 Å². The van der Waals surface area contributed by atoms with E-state index in [4.69, 9.17) is 34.8 Å². The molecule has 0 aromatic heterocycles. The van der Waals surface area contributed by atoms with Crippen LogP contribution in [0.2, 0.25) is 5.02 Å². The second kappa shape index (κ2) is 11.8. The Hall–Kier alpha value is -3.55. The van der Waals surface area contributed by atoms with Crippen LogP contribution in [-0.4, -0.2) is 28.2 Å². The highest BCUT2D eigenvalue weighted by Crippen LogP contribution is 2.65. The Morgan fingerprint density at radius 3 is 1.98 bits per heavy atom. The Labute approximate surface area is 259 Å². The van der Waals surface area contributed by atoms with E-state index in [0.717, 1.165) is 6.07 Å². The molecule has 1 aliphatic rings. The summed E-state index contributed by atoms with van der Waals surface area (Å²) in [6.07, 6.45) is -10.1. The van der Waals surface area contributed by atoms with E-state index < -0.39 is 57.6 Å². The summed E-state index contributed by atoms with van der Waals surface area (Å²) in [4.78, 5) is 37.4. The minimum atomic E-state index is -5.10. The SMILES string of the molecule is Cc1c(NC(=O)c2cc(NC(=O)[C@H]3[C@H](c4ccc(F)c(C(F)(F)F)c4)C3(Cl)Cl)ccc2Cl)ccc(NC(=O)C(F)(F)F)c1C. The van der Waals surface area contributed by atoms with E-state index in [0.29, 0.717) is 17.7 Å². The predicted octanol–water partition coefficient (Wildman–Crippen LogP) is 8.39. The van der Waals surface area contributed by atoms with Gasteiger partial charge in [0.05, 0.1) is 22.1 Å². The van der Waals surface area contributed by atoms with Gasteiger partial charge in [-0.1, -0.05) is 17.7 Å². The minimum absolute atomic E-state index is 0.0386. The van der Waals surface area contributed by atoms with Gasteiger partial charge < -0.3 is 16.0 Å². The number of anilines is 3. The van der Waals surface area contributed by atoms with E-state index >= 15 is 0 Å². The molecule has 3 amide bonds. The van der Waals surface area contributed by atoms with Crippen LogP contribution < -0.4 is 16.0 Å². The fraction of sp³-hybridized carbons (Fsp3) is 0.250. The molecule has 6 nitrogen and oxygen atoms in total. The minimum Gasteiger partial charge on any atom is -0.326 e. The van der Waals surface area contributed by atoms with Crippen molar-refractivity contribution in [2.75, 3.05) is 16.0 Å². The molecule has 3 aromatic rings. The standard InChI is InChI=1S/C28H19Cl3F7N3O3/c1-11-12(2)20(41-25(44)28(36,37)38)8-7-19(11)40-23(42)15-10-14(4-5-17(15)29)39-24(43)22-21(26(22,30)31)13-3-6-18(32)16(9-13)27(33,34)35/h3-10,21-22H,1-2H3,(H,39,43)(H,40,42)(H,41,44)/t21-,22+/m0/s1. The van der Waals surface area contributed by atoms with E-state index in [1.165, 1.54) is 44.2 Å². The summed E-state index contributed by atoms with van der Waals surface area (Å²) in [5, 5.41) is 6.77. The van der Waals surface area contributed by atoms with E-state index in [2.05, 4.69) is 10.6 Å². The van der Waals surface area contributed by atoms with Gasteiger partial charge in [0.1, 0.15) is 10.2 Å². The molecule has 3 aromatic carbocycles. The lowest BCUT2D eigenvalue weighted by Crippen LogP contribution is -2.30. The van der Waals surface area contributed by atoms with Crippen LogP contribution in [0, 0.1) is 25.6 Å². The molecule has 2 atom stereocenters. The Balaban J connectivity index is 1.50. The Kier molecular flexibility index (Phi) is 8.91. The second-order valence-corrected chi connectivity index (χ2v) is 11.7.